The van der Waals surface area contributed by atoms with Crippen LogP contribution >= 0.6 is 0 Å². The lowest BCUT2D eigenvalue weighted by molar-refractivity contribution is -0.135. The summed E-state index contributed by atoms with van der Waals surface area (Å²) < 4.78 is 5.13. The summed E-state index contributed by atoms with van der Waals surface area (Å²) in [5.74, 6) is -0.0398. The molecule has 1 saturated heterocycles. The molecule has 0 bridgehead atoms. The summed E-state index contributed by atoms with van der Waals surface area (Å²) in [4.78, 5) is 40.6. The van der Waals surface area contributed by atoms with Crippen molar-refractivity contribution in [2.75, 3.05) is 26.8 Å². The molecule has 1 heterocycles. The predicted molar refractivity (Wildman–Crippen MR) is 98.6 cm³/mol. The van der Waals surface area contributed by atoms with Crippen LogP contribution in [-0.4, -0.2) is 66.0 Å². The molecule has 2 rings (SSSR count). The number of methoxy groups -OCH3 is 1. The van der Waals surface area contributed by atoms with E-state index in [1.54, 1.807) is 7.11 Å². The van der Waals surface area contributed by atoms with E-state index >= 15 is 0 Å². The van der Waals surface area contributed by atoms with E-state index in [9.17, 15) is 14.4 Å². The maximum absolute atomic E-state index is 12.7. The summed E-state index contributed by atoms with van der Waals surface area (Å²) >= 11 is 0. The Labute approximate surface area is 156 Å². The van der Waals surface area contributed by atoms with Crippen LogP contribution in [-0.2, 0) is 14.3 Å². The van der Waals surface area contributed by atoms with Crippen LogP contribution in [0.2, 0.25) is 0 Å². The maximum Gasteiger partial charge on any atom is 0.325 e. The largest absolute Gasteiger partial charge is 0.383 e. The number of ether oxygens (including phenoxy) is 1. The summed E-state index contributed by atoms with van der Waals surface area (Å²) in [7, 11) is 1.63. The van der Waals surface area contributed by atoms with E-state index in [0.717, 1.165) is 38.5 Å². The lowest BCUT2D eigenvalue weighted by Gasteiger charge is -2.30. The van der Waals surface area contributed by atoms with Crippen molar-refractivity contribution in [2.45, 2.75) is 76.8 Å². The monoisotopic (exact) mass is 367 g/mol. The van der Waals surface area contributed by atoms with Crippen LogP contribution in [0.3, 0.4) is 0 Å². The molecule has 2 aliphatic rings. The van der Waals surface area contributed by atoms with E-state index < -0.39 is 5.54 Å². The van der Waals surface area contributed by atoms with Crippen molar-refractivity contribution in [3.8, 4) is 0 Å². The maximum atomic E-state index is 12.7. The number of amides is 4. The Morgan fingerprint density at radius 2 is 1.92 bits per heavy atom. The third kappa shape index (κ3) is 4.37. The molecule has 0 atom stereocenters. The van der Waals surface area contributed by atoms with Gasteiger partial charge in [0.15, 0.2) is 0 Å². The number of rotatable bonds is 10. The van der Waals surface area contributed by atoms with Gasteiger partial charge in [-0.15, -0.1) is 0 Å². The molecule has 0 aromatic heterocycles. The first-order valence-electron chi connectivity index (χ1n) is 9.91. The van der Waals surface area contributed by atoms with Gasteiger partial charge in [-0.25, -0.2) is 4.79 Å². The Kier molecular flexibility index (Phi) is 7.43. The third-order valence-electron chi connectivity index (χ3n) is 5.72. The molecule has 0 aromatic rings. The first-order valence-corrected chi connectivity index (χ1v) is 9.91. The number of imide groups is 1. The zero-order valence-corrected chi connectivity index (χ0v) is 16.4. The molecule has 4 amide bonds. The van der Waals surface area contributed by atoms with E-state index in [1.807, 2.05) is 4.90 Å². The fourth-order valence-corrected chi connectivity index (χ4v) is 4.16. The second kappa shape index (κ2) is 9.35. The Morgan fingerprint density at radius 3 is 2.50 bits per heavy atom. The molecule has 7 nitrogen and oxygen atoms in total. The Bertz CT molecular complexity index is 513. The highest BCUT2D eigenvalue weighted by Crippen LogP contribution is 2.35. The molecule has 1 aliphatic heterocycles. The van der Waals surface area contributed by atoms with Gasteiger partial charge in [-0.1, -0.05) is 26.7 Å². The van der Waals surface area contributed by atoms with Gasteiger partial charge >= 0.3 is 6.03 Å². The molecule has 7 heteroatoms. The fraction of sp³-hybridized carbons (Fsp3) is 0.842. The summed E-state index contributed by atoms with van der Waals surface area (Å²) in [5.41, 5.74) is -0.666. The quantitative estimate of drug-likeness (QED) is 0.601. The number of carbonyl (C=O) groups excluding carboxylic acids is 3. The van der Waals surface area contributed by atoms with Gasteiger partial charge in [0, 0.05) is 32.7 Å². The molecule has 0 aromatic carbocycles. The van der Waals surface area contributed by atoms with Crippen molar-refractivity contribution >= 4 is 17.8 Å². The minimum atomic E-state index is -0.666. The van der Waals surface area contributed by atoms with Crippen molar-refractivity contribution < 1.29 is 19.1 Å². The van der Waals surface area contributed by atoms with Crippen molar-refractivity contribution in [1.29, 1.82) is 0 Å². The lowest BCUT2D eigenvalue weighted by atomic mass is 9.98. The SMILES string of the molecule is CCC(CC)N(CCOC)C(=O)CCCN1C(=O)NC2(CCCC2)C1=O. The van der Waals surface area contributed by atoms with Gasteiger partial charge in [-0.2, -0.15) is 0 Å². The third-order valence-corrected chi connectivity index (χ3v) is 5.72. The summed E-state index contributed by atoms with van der Waals surface area (Å²) in [6.07, 6.45) is 6.05. The highest BCUT2D eigenvalue weighted by molar-refractivity contribution is 6.07. The molecule has 1 saturated carbocycles. The van der Waals surface area contributed by atoms with Crippen LogP contribution in [0.1, 0.15) is 65.2 Å². The Balaban J connectivity index is 1.87. The van der Waals surface area contributed by atoms with Gasteiger partial charge in [0.1, 0.15) is 5.54 Å². The normalized spacial score (nSPS) is 18.8. The van der Waals surface area contributed by atoms with Crippen LogP contribution in [0.15, 0.2) is 0 Å². The standard InChI is InChI=1S/C19H33N3O4/c1-4-15(5-2)21(13-14-26-3)16(23)9-8-12-22-17(24)19(20-18(22)25)10-6-7-11-19/h15H,4-14H2,1-3H3,(H,20,25). The molecule has 148 valence electrons. The summed E-state index contributed by atoms with van der Waals surface area (Å²) in [6, 6.07) is -0.100. The van der Waals surface area contributed by atoms with Gasteiger partial charge in [-0.3, -0.25) is 14.5 Å². The van der Waals surface area contributed by atoms with Crippen molar-refractivity contribution in [2.24, 2.45) is 0 Å². The zero-order chi connectivity index (χ0) is 19.2. The average Bonchev–Trinajstić information content (AvgIpc) is 3.19. The number of carbonyl (C=O) groups is 3. The molecule has 1 aliphatic carbocycles. The minimum Gasteiger partial charge on any atom is -0.383 e. The summed E-state index contributed by atoms with van der Waals surface area (Å²) in [5, 5.41) is 2.88. The fourth-order valence-electron chi connectivity index (χ4n) is 4.16. The van der Waals surface area contributed by atoms with Crippen LogP contribution in [0.4, 0.5) is 4.79 Å². The van der Waals surface area contributed by atoms with E-state index in [-0.39, 0.29) is 23.9 Å². The van der Waals surface area contributed by atoms with E-state index in [0.29, 0.717) is 32.5 Å². The highest BCUT2D eigenvalue weighted by Gasteiger charge is 2.52. The number of nitrogens with one attached hydrogen (secondary N) is 1. The van der Waals surface area contributed by atoms with Gasteiger partial charge < -0.3 is 15.0 Å². The number of urea groups is 1. The van der Waals surface area contributed by atoms with Crippen molar-refractivity contribution in [3.63, 3.8) is 0 Å². The number of hydrogen-bond acceptors (Lipinski definition) is 4. The van der Waals surface area contributed by atoms with E-state index in [1.165, 1.54) is 4.90 Å². The van der Waals surface area contributed by atoms with Gasteiger partial charge in [0.05, 0.1) is 6.61 Å². The van der Waals surface area contributed by atoms with E-state index in [4.69, 9.17) is 4.74 Å². The number of hydrogen-bond donors (Lipinski definition) is 1. The first-order chi connectivity index (χ1) is 12.5. The molecular formula is C19H33N3O4. The Hall–Kier alpha value is -1.63. The lowest BCUT2D eigenvalue weighted by Crippen LogP contribution is -2.44. The zero-order valence-electron chi connectivity index (χ0n) is 16.4. The van der Waals surface area contributed by atoms with Crippen molar-refractivity contribution in [1.82, 2.24) is 15.1 Å². The Morgan fingerprint density at radius 1 is 1.27 bits per heavy atom. The topological polar surface area (TPSA) is 79.0 Å². The molecular weight excluding hydrogens is 334 g/mol. The minimum absolute atomic E-state index is 0.0679. The molecule has 26 heavy (non-hydrogen) atoms. The number of nitrogens with zero attached hydrogens (tertiary/aromatic N) is 2. The second-order valence-electron chi connectivity index (χ2n) is 7.33. The molecule has 0 radical (unpaired) electrons. The first kappa shape index (κ1) is 20.7. The predicted octanol–water partition coefficient (Wildman–Crippen LogP) is 2.29. The van der Waals surface area contributed by atoms with Crippen LogP contribution in [0.25, 0.3) is 0 Å². The molecule has 1 spiro atoms. The molecule has 2 fully saturated rings. The van der Waals surface area contributed by atoms with Gasteiger partial charge in [0.25, 0.3) is 5.91 Å². The molecule has 0 unspecified atom stereocenters. The smallest absolute Gasteiger partial charge is 0.325 e. The molecule has 1 N–H and O–H groups in total. The summed E-state index contributed by atoms with van der Waals surface area (Å²) in [6.45, 7) is 5.55. The van der Waals surface area contributed by atoms with E-state index in [2.05, 4.69) is 19.2 Å². The second-order valence-corrected chi connectivity index (χ2v) is 7.33. The van der Waals surface area contributed by atoms with Gasteiger partial charge in [0.2, 0.25) is 5.91 Å². The average molecular weight is 367 g/mol. The highest BCUT2D eigenvalue weighted by atomic mass is 16.5. The van der Waals surface area contributed by atoms with Crippen LogP contribution < -0.4 is 5.32 Å². The van der Waals surface area contributed by atoms with Crippen LogP contribution in [0.5, 0.6) is 0 Å². The van der Waals surface area contributed by atoms with Crippen molar-refractivity contribution in [3.05, 3.63) is 0 Å². The van der Waals surface area contributed by atoms with Crippen LogP contribution in [0, 0.1) is 0 Å². The van der Waals surface area contributed by atoms with Gasteiger partial charge in [-0.05, 0) is 32.1 Å².